The number of imidazole rings is 1. The number of aliphatic hydroxyl groups is 1. The monoisotopic (exact) mass is 273 g/mol. The van der Waals surface area contributed by atoms with E-state index in [1.165, 1.54) is 10.9 Å². The fourth-order valence-electron chi connectivity index (χ4n) is 1.93. The Morgan fingerprint density at radius 1 is 1.20 bits per heavy atom. The third-order valence-corrected chi connectivity index (χ3v) is 2.89. The molecule has 7 heteroatoms. The van der Waals surface area contributed by atoms with Gasteiger partial charge in [-0.1, -0.05) is 30.3 Å². The number of hydrogen-bond acceptors (Lipinski definition) is 5. The van der Waals surface area contributed by atoms with Crippen molar-refractivity contribution in [2.45, 2.75) is 13.3 Å². The molecule has 0 radical (unpaired) electrons. The van der Waals surface area contributed by atoms with Crippen molar-refractivity contribution in [1.82, 2.24) is 19.5 Å². The lowest BCUT2D eigenvalue weighted by Crippen LogP contribution is -2.05. The number of rotatable bonds is 4. The molecule has 3 aromatic rings. The lowest BCUT2D eigenvalue weighted by atomic mass is 10.2. The zero-order chi connectivity index (χ0) is 13.9. The molecule has 2 aromatic heterocycles. The first kappa shape index (κ1) is 12.5. The van der Waals surface area contributed by atoms with E-state index in [4.69, 9.17) is 5.11 Å². The second-order valence-corrected chi connectivity index (χ2v) is 4.21. The first-order valence-corrected chi connectivity index (χ1v) is 6.05. The molecular weight excluding hydrogens is 261 g/mol. The van der Waals surface area contributed by atoms with E-state index in [0.717, 1.165) is 5.56 Å². The molecular formula is C13H12FN5O. The van der Waals surface area contributed by atoms with E-state index in [-0.39, 0.29) is 12.4 Å². The summed E-state index contributed by atoms with van der Waals surface area (Å²) in [5.41, 5.74) is 1.73. The van der Waals surface area contributed by atoms with Crippen molar-refractivity contribution in [2.75, 3.05) is 5.32 Å². The molecule has 6 nitrogen and oxygen atoms in total. The van der Waals surface area contributed by atoms with Crippen LogP contribution in [0.3, 0.4) is 0 Å². The molecule has 102 valence electrons. The second kappa shape index (κ2) is 5.22. The van der Waals surface area contributed by atoms with Crippen LogP contribution < -0.4 is 5.32 Å². The van der Waals surface area contributed by atoms with Crippen molar-refractivity contribution in [3.63, 3.8) is 0 Å². The molecule has 0 amide bonds. The number of aromatic nitrogens is 4. The molecule has 1 aromatic carbocycles. The summed E-state index contributed by atoms with van der Waals surface area (Å²) >= 11 is 0. The van der Waals surface area contributed by atoms with Crippen molar-refractivity contribution < 1.29 is 9.50 Å². The Bertz CT molecular complexity index is 728. The van der Waals surface area contributed by atoms with Crippen LogP contribution in [-0.4, -0.2) is 24.6 Å². The largest absolute Gasteiger partial charge is 0.376 e. The van der Waals surface area contributed by atoms with Crippen molar-refractivity contribution in [3.8, 4) is 0 Å². The third kappa shape index (κ3) is 2.30. The summed E-state index contributed by atoms with van der Waals surface area (Å²) in [6.45, 7) is 0.184. The van der Waals surface area contributed by atoms with Crippen LogP contribution in [-0.2, 0) is 13.3 Å². The number of anilines is 1. The third-order valence-electron chi connectivity index (χ3n) is 2.89. The van der Waals surface area contributed by atoms with E-state index in [0.29, 0.717) is 17.9 Å². The molecule has 0 bridgehead atoms. The summed E-state index contributed by atoms with van der Waals surface area (Å²) in [6.07, 6.45) is 0.537. The summed E-state index contributed by atoms with van der Waals surface area (Å²) in [4.78, 5) is 11.5. The second-order valence-electron chi connectivity index (χ2n) is 4.21. The normalized spacial score (nSPS) is 10.9. The Kier molecular flexibility index (Phi) is 3.26. The SMILES string of the molecule is OCn1cnc2c(NCc3ccccc3)nc(F)nc21. The van der Waals surface area contributed by atoms with Gasteiger partial charge in [0.1, 0.15) is 6.73 Å². The minimum Gasteiger partial charge on any atom is -0.376 e. The number of hydrogen-bond donors (Lipinski definition) is 2. The average Bonchev–Trinajstić information content (AvgIpc) is 2.88. The van der Waals surface area contributed by atoms with Crippen LogP contribution in [0.2, 0.25) is 0 Å². The molecule has 2 heterocycles. The quantitative estimate of drug-likeness (QED) is 0.705. The van der Waals surface area contributed by atoms with E-state index in [1.54, 1.807) is 0 Å². The van der Waals surface area contributed by atoms with E-state index in [1.807, 2.05) is 30.3 Å². The maximum Gasteiger partial charge on any atom is 0.312 e. The molecule has 0 saturated heterocycles. The summed E-state index contributed by atoms with van der Waals surface area (Å²) in [5, 5.41) is 12.2. The van der Waals surface area contributed by atoms with Crippen LogP contribution in [0, 0.1) is 6.08 Å². The maximum atomic E-state index is 13.4. The molecule has 0 aliphatic rings. The van der Waals surface area contributed by atoms with E-state index < -0.39 is 6.08 Å². The zero-order valence-electron chi connectivity index (χ0n) is 10.5. The Hall–Kier alpha value is -2.54. The summed E-state index contributed by atoms with van der Waals surface area (Å²) in [7, 11) is 0. The van der Waals surface area contributed by atoms with Crippen LogP contribution in [0.25, 0.3) is 11.2 Å². The molecule has 0 aliphatic carbocycles. The molecule has 0 aliphatic heterocycles. The Balaban J connectivity index is 1.93. The van der Waals surface area contributed by atoms with Crippen LogP contribution in [0.1, 0.15) is 5.56 Å². The summed E-state index contributed by atoms with van der Waals surface area (Å²) in [5.74, 6) is 0.309. The Morgan fingerprint density at radius 2 is 2.00 bits per heavy atom. The standard InChI is InChI=1S/C13H12FN5O/c14-13-17-11(15-6-9-4-2-1-3-5-9)10-12(18-13)19(8-20)7-16-10/h1-5,7,20H,6,8H2,(H,15,17,18). The topological polar surface area (TPSA) is 75.9 Å². The molecule has 3 rings (SSSR count). The minimum absolute atomic E-state index is 0.260. The predicted octanol–water partition coefficient (Wildman–Crippen LogP) is 1.53. The van der Waals surface area contributed by atoms with Gasteiger partial charge in [-0.05, 0) is 5.56 Å². The smallest absolute Gasteiger partial charge is 0.312 e. The van der Waals surface area contributed by atoms with Gasteiger partial charge in [-0.3, -0.25) is 4.57 Å². The van der Waals surface area contributed by atoms with Crippen LogP contribution >= 0.6 is 0 Å². The van der Waals surface area contributed by atoms with E-state index >= 15 is 0 Å². The van der Waals surface area contributed by atoms with Crippen LogP contribution in [0.15, 0.2) is 36.7 Å². The lowest BCUT2D eigenvalue weighted by Gasteiger charge is -2.06. The molecule has 20 heavy (non-hydrogen) atoms. The van der Waals surface area contributed by atoms with Crippen molar-refractivity contribution in [3.05, 3.63) is 48.3 Å². The highest BCUT2D eigenvalue weighted by Gasteiger charge is 2.12. The highest BCUT2D eigenvalue weighted by Crippen LogP contribution is 2.19. The number of benzene rings is 1. The van der Waals surface area contributed by atoms with Crippen molar-refractivity contribution in [1.29, 1.82) is 0 Å². The number of nitrogens with one attached hydrogen (secondary N) is 1. The number of aliphatic hydroxyl groups excluding tert-OH is 1. The van der Waals surface area contributed by atoms with Crippen LogP contribution in [0.5, 0.6) is 0 Å². The molecule has 0 atom stereocenters. The van der Waals surface area contributed by atoms with E-state index in [2.05, 4.69) is 20.3 Å². The molecule has 0 unspecified atom stereocenters. The molecule has 0 fully saturated rings. The van der Waals surface area contributed by atoms with Gasteiger partial charge in [-0.2, -0.15) is 14.4 Å². The first-order valence-electron chi connectivity index (χ1n) is 6.05. The van der Waals surface area contributed by atoms with Crippen molar-refractivity contribution >= 4 is 17.0 Å². The van der Waals surface area contributed by atoms with Gasteiger partial charge in [0, 0.05) is 6.54 Å². The summed E-state index contributed by atoms with van der Waals surface area (Å²) < 4.78 is 14.8. The number of fused-ring (bicyclic) bond motifs is 1. The number of nitrogens with zero attached hydrogens (tertiary/aromatic N) is 4. The Labute approximate surface area is 113 Å². The van der Waals surface area contributed by atoms with Gasteiger partial charge < -0.3 is 10.4 Å². The maximum absolute atomic E-state index is 13.4. The summed E-state index contributed by atoms with van der Waals surface area (Å²) in [6, 6.07) is 9.68. The van der Waals surface area contributed by atoms with Gasteiger partial charge in [-0.15, -0.1) is 0 Å². The van der Waals surface area contributed by atoms with Gasteiger partial charge in [0.05, 0.1) is 6.33 Å². The first-order chi connectivity index (χ1) is 9.78. The highest BCUT2D eigenvalue weighted by molar-refractivity contribution is 5.82. The van der Waals surface area contributed by atoms with Gasteiger partial charge >= 0.3 is 6.08 Å². The van der Waals surface area contributed by atoms with Crippen molar-refractivity contribution in [2.24, 2.45) is 0 Å². The molecule has 0 saturated carbocycles. The van der Waals surface area contributed by atoms with Gasteiger partial charge in [0.15, 0.2) is 17.0 Å². The Morgan fingerprint density at radius 3 is 2.75 bits per heavy atom. The van der Waals surface area contributed by atoms with Gasteiger partial charge in [0.25, 0.3) is 0 Å². The van der Waals surface area contributed by atoms with Gasteiger partial charge in [0.2, 0.25) is 0 Å². The van der Waals surface area contributed by atoms with Gasteiger partial charge in [-0.25, -0.2) is 4.98 Å². The zero-order valence-corrected chi connectivity index (χ0v) is 10.5. The molecule has 2 N–H and O–H groups in total. The fraction of sp³-hybridized carbons (Fsp3) is 0.154. The number of halogens is 1. The lowest BCUT2D eigenvalue weighted by molar-refractivity contribution is 0.214. The average molecular weight is 273 g/mol. The van der Waals surface area contributed by atoms with E-state index in [9.17, 15) is 4.39 Å². The fourth-order valence-corrected chi connectivity index (χ4v) is 1.93. The molecule has 0 spiro atoms. The minimum atomic E-state index is -0.858. The predicted molar refractivity (Wildman–Crippen MR) is 71.3 cm³/mol. The van der Waals surface area contributed by atoms with Crippen LogP contribution in [0.4, 0.5) is 10.2 Å². The highest BCUT2D eigenvalue weighted by atomic mass is 19.1.